The molecule has 0 heterocycles. The number of hydrogen-bond donors (Lipinski definition) is 1. The van der Waals surface area contributed by atoms with Crippen molar-refractivity contribution < 1.29 is 24.2 Å². The van der Waals surface area contributed by atoms with Crippen molar-refractivity contribution >= 4 is 11.9 Å². The summed E-state index contributed by atoms with van der Waals surface area (Å²) in [6.45, 7) is 0. The van der Waals surface area contributed by atoms with Crippen LogP contribution in [-0.2, 0) is 19.1 Å². The van der Waals surface area contributed by atoms with E-state index in [0.717, 1.165) is 6.08 Å². The summed E-state index contributed by atoms with van der Waals surface area (Å²) < 4.78 is 8.45. The maximum absolute atomic E-state index is 10.5. The molecule has 1 N–H and O–H groups in total. The van der Waals surface area contributed by atoms with Crippen LogP contribution in [0.25, 0.3) is 0 Å². The summed E-state index contributed by atoms with van der Waals surface area (Å²) in [5, 5.41) is 8.91. The van der Waals surface area contributed by atoms with E-state index in [0.29, 0.717) is 0 Å². The van der Waals surface area contributed by atoms with Gasteiger partial charge < -0.3 is 14.6 Å². The topological polar surface area (TPSA) is 72.8 Å². The Labute approximate surface area is 69.6 Å². The highest BCUT2D eigenvalue weighted by Crippen LogP contribution is 1.97. The first-order chi connectivity index (χ1) is 5.60. The minimum atomic E-state index is -0.712. The first-order valence-corrected chi connectivity index (χ1v) is 3.14. The van der Waals surface area contributed by atoms with Gasteiger partial charge in [-0.25, -0.2) is 4.79 Å². The number of aliphatic hydroxyl groups is 1. The van der Waals surface area contributed by atoms with Crippen LogP contribution in [0.15, 0.2) is 11.8 Å². The van der Waals surface area contributed by atoms with Crippen molar-refractivity contribution in [3.05, 3.63) is 11.8 Å². The van der Waals surface area contributed by atoms with Gasteiger partial charge >= 0.3 is 11.9 Å². The Morgan fingerprint density at radius 3 is 2.33 bits per heavy atom. The van der Waals surface area contributed by atoms with Crippen molar-refractivity contribution in [2.24, 2.45) is 0 Å². The maximum Gasteiger partial charge on any atom is 0.333 e. The Kier molecular flexibility index (Phi) is 4.52. The molecule has 0 saturated carbocycles. The van der Waals surface area contributed by atoms with Crippen LogP contribution in [0, 0.1) is 0 Å². The van der Waals surface area contributed by atoms with Crippen molar-refractivity contribution in [3.8, 4) is 0 Å². The lowest BCUT2D eigenvalue weighted by Gasteiger charge is -1.97. The molecule has 12 heavy (non-hydrogen) atoms. The molecule has 0 unspecified atom stereocenters. The van der Waals surface area contributed by atoms with Gasteiger partial charge in [-0.1, -0.05) is 0 Å². The number of carbonyl (C=O) groups is 2. The summed E-state index contributed by atoms with van der Waals surface area (Å²) in [7, 11) is 2.36. The first kappa shape index (κ1) is 10.5. The third kappa shape index (κ3) is 4.32. The minimum absolute atomic E-state index is 0.328. The second-order valence-electron chi connectivity index (χ2n) is 1.91. The smallest absolute Gasteiger partial charge is 0.333 e. The quantitative estimate of drug-likeness (QED) is 0.375. The van der Waals surface area contributed by atoms with Crippen LogP contribution in [0.4, 0.5) is 0 Å². The molecule has 0 fully saturated rings. The fraction of sp³-hybridized carbons (Fsp3) is 0.429. The number of carbonyl (C=O) groups excluding carboxylic acids is 2. The van der Waals surface area contributed by atoms with Crippen molar-refractivity contribution in [3.63, 3.8) is 0 Å². The van der Waals surface area contributed by atoms with Gasteiger partial charge in [-0.3, -0.25) is 4.79 Å². The fourth-order valence-corrected chi connectivity index (χ4v) is 0.466. The molecule has 0 aromatic heterocycles. The van der Waals surface area contributed by atoms with Crippen LogP contribution >= 0.6 is 0 Å². The monoisotopic (exact) mass is 174 g/mol. The van der Waals surface area contributed by atoms with Crippen LogP contribution in [0.2, 0.25) is 0 Å². The number of esters is 2. The van der Waals surface area contributed by atoms with Crippen LogP contribution in [0.5, 0.6) is 0 Å². The average molecular weight is 174 g/mol. The van der Waals surface area contributed by atoms with E-state index in [4.69, 9.17) is 5.11 Å². The lowest BCUT2D eigenvalue weighted by molar-refractivity contribution is -0.140. The Hall–Kier alpha value is -1.52. The molecular weight excluding hydrogens is 164 g/mol. The van der Waals surface area contributed by atoms with Gasteiger partial charge in [0.2, 0.25) is 0 Å². The van der Waals surface area contributed by atoms with Gasteiger partial charge in [-0.15, -0.1) is 0 Å². The lowest BCUT2D eigenvalue weighted by atomic mass is 10.3. The summed E-state index contributed by atoms with van der Waals surface area (Å²) in [4.78, 5) is 21.0. The fourth-order valence-electron chi connectivity index (χ4n) is 0.466. The second-order valence-corrected chi connectivity index (χ2v) is 1.91. The Morgan fingerprint density at radius 1 is 1.33 bits per heavy atom. The van der Waals surface area contributed by atoms with E-state index in [1.807, 2.05) is 0 Å². The van der Waals surface area contributed by atoms with Gasteiger partial charge in [0.15, 0.2) is 0 Å². The van der Waals surface area contributed by atoms with E-state index in [-0.39, 0.29) is 12.2 Å². The Morgan fingerprint density at radius 2 is 1.92 bits per heavy atom. The van der Waals surface area contributed by atoms with Gasteiger partial charge in [0.05, 0.1) is 20.3 Å². The maximum atomic E-state index is 10.5. The molecule has 0 aromatic carbocycles. The van der Waals surface area contributed by atoms with Crippen molar-refractivity contribution in [1.82, 2.24) is 0 Å². The number of hydrogen-bond acceptors (Lipinski definition) is 5. The molecule has 0 atom stereocenters. The predicted molar refractivity (Wildman–Crippen MR) is 39.4 cm³/mol. The molecule has 0 bridgehead atoms. The minimum Gasteiger partial charge on any atom is -0.511 e. The number of aliphatic hydroxyl groups excluding tert-OH is 1. The van der Waals surface area contributed by atoms with Gasteiger partial charge in [0.1, 0.15) is 12.2 Å². The predicted octanol–water partition coefficient (Wildman–Crippen LogP) is 0.164. The van der Waals surface area contributed by atoms with E-state index in [1.165, 1.54) is 14.2 Å². The second kappa shape index (κ2) is 5.17. The highest BCUT2D eigenvalue weighted by Gasteiger charge is 2.05. The SMILES string of the molecule is COC(=O)C=C(O)CC(=O)OC. The third-order valence-corrected chi connectivity index (χ3v) is 1.04. The standard InChI is InChI=1S/C7H10O5/c1-11-6(9)3-5(8)4-7(10)12-2/h3,8H,4H2,1-2H3. The van der Waals surface area contributed by atoms with Crippen molar-refractivity contribution in [2.45, 2.75) is 6.42 Å². The van der Waals surface area contributed by atoms with Gasteiger partial charge in [-0.2, -0.15) is 0 Å². The van der Waals surface area contributed by atoms with E-state index >= 15 is 0 Å². The summed E-state index contributed by atoms with van der Waals surface area (Å²) in [6, 6.07) is 0. The first-order valence-electron chi connectivity index (χ1n) is 3.14. The number of rotatable bonds is 3. The normalized spacial score (nSPS) is 10.7. The average Bonchev–Trinajstić information content (AvgIpc) is 2.03. The van der Waals surface area contributed by atoms with Crippen molar-refractivity contribution in [1.29, 1.82) is 0 Å². The van der Waals surface area contributed by atoms with Crippen LogP contribution in [0.1, 0.15) is 6.42 Å². The largest absolute Gasteiger partial charge is 0.511 e. The molecule has 0 aliphatic rings. The number of ether oxygens (including phenoxy) is 2. The molecule has 0 saturated heterocycles. The molecule has 0 rings (SSSR count). The zero-order valence-corrected chi connectivity index (χ0v) is 6.86. The summed E-state index contributed by atoms with van der Waals surface area (Å²) in [5.41, 5.74) is 0. The molecular formula is C7H10O5. The molecule has 0 spiro atoms. The van der Waals surface area contributed by atoms with Gasteiger partial charge in [0.25, 0.3) is 0 Å². The highest BCUT2D eigenvalue weighted by atomic mass is 16.5. The molecule has 5 heteroatoms. The summed E-state index contributed by atoms with van der Waals surface area (Å²) in [5.74, 6) is -1.71. The van der Waals surface area contributed by atoms with Crippen LogP contribution < -0.4 is 0 Å². The molecule has 0 aromatic rings. The Balaban J connectivity index is 4.02. The van der Waals surface area contributed by atoms with Crippen molar-refractivity contribution in [2.75, 3.05) is 14.2 Å². The van der Waals surface area contributed by atoms with E-state index in [9.17, 15) is 9.59 Å². The van der Waals surface area contributed by atoms with E-state index in [1.54, 1.807) is 0 Å². The zero-order valence-electron chi connectivity index (χ0n) is 6.86. The molecule has 0 radical (unpaired) electrons. The summed E-state index contributed by atoms with van der Waals surface area (Å²) >= 11 is 0. The zero-order chi connectivity index (χ0) is 9.56. The van der Waals surface area contributed by atoms with E-state index < -0.39 is 11.9 Å². The van der Waals surface area contributed by atoms with Crippen LogP contribution in [0.3, 0.4) is 0 Å². The molecule has 0 amide bonds. The Bertz CT molecular complexity index is 206. The van der Waals surface area contributed by atoms with Gasteiger partial charge in [0, 0.05) is 0 Å². The van der Waals surface area contributed by atoms with Gasteiger partial charge in [-0.05, 0) is 0 Å². The molecule has 0 aliphatic heterocycles. The summed E-state index contributed by atoms with van der Waals surface area (Å²) in [6.07, 6.45) is 0.489. The molecule has 5 nitrogen and oxygen atoms in total. The third-order valence-electron chi connectivity index (χ3n) is 1.04. The lowest BCUT2D eigenvalue weighted by Crippen LogP contribution is -2.04. The van der Waals surface area contributed by atoms with E-state index in [2.05, 4.69) is 9.47 Å². The molecule has 68 valence electrons. The highest BCUT2D eigenvalue weighted by molar-refractivity contribution is 5.83. The van der Waals surface area contributed by atoms with Crippen LogP contribution in [-0.4, -0.2) is 31.3 Å². The molecule has 0 aliphatic carbocycles. The number of methoxy groups -OCH3 is 2.